The summed E-state index contributed by atoms with van der Waals surface area (Å²) >= 11 is 0. The molecule has 0 aromatic carbocycles. The van der Waals surface area contributed by atoms with E-state index >= 15 is 0 Å². The van der Waals surface area contributed by atoms with E-state index in [0.29, 0.717) is 18.4 Å². The number of esters is 1. The Morgan fingerprint density at radius 2 is 1.49 bits per heavy atom. The van der Waals surface area contributed by atoms with Crippen LogP contribution in [0.4, 0.5) is 0 Å². The maximum Gasteiger partial charge on any atom is 0.302 e. The molecule has 1 aliphatic heterocycles. The lowest BCUT2D eigenvalue weighted by molar-refractivity contribution is -0.147. The third-order valence-electron chi connectivity index (χ3n) is 8.89. The molecule has 0 aromatic heterocycles. The van der Waals surface area contributed by atoms with Crippen molar-refractivity contribution in [1.82, 2.24) is 0 Å². The van der Waals surface area contributed by atoms with Crippen molar-refractivity contribution in [1.29, 1.82) is 0 Å². The highest BCUT2D eigenvalue weighted by molar-refractivity contribution is 5.95. The Hall–Kier alpha value is -3.75. The van der Waals surface area contributed by atoms with Crippen LogP contribution in [-0.4, -0.2) is 35.3 Å². The predicted octanol–water partition coefficient (Wildman–Crippen LogP) is 9.63. The van der Waals surface area contributed by atoms with E-state index in [-0.39, 0.29) is 41.1 Å². The fraction of sp³-hybridized carbons (Fsp3) is 0.500. The van der Waals surface area contributed by atoms with Gasteiger partial charge in [0.15, 0.2) is 5.78 Å². The average Bonchev–Trinajstić information content (AvgIpc) is 3.20. The van der Waals surface area contributed by atoms with Gasteiger partial charge in [0.25, 0.3) is 0 Å². The second kappa shape index (κ2) is 18.0. The normalized spacial score (nSPS) is 25.9. The van der Waals surface area contributed by atoms with Gasteiger partial charge in [-0.15, -0.1) is 0 Å². The lowest BCUT2D eigenvalue weighted by atomic mass is 9.72. The van der Waals surface area contributed by atoms with Crippen LogP contribution in [-0.2, 0) is 23.9 Å². The quantitative estimate of drug-likeness (QED) is 0.0920. The van der Waals surface area contributed by atoms with E-state index in [4.69, 9.17) is 9.47 Å². The highest BCUT2D eigenvalue weighted by Crippen LogP contribution is 2.41. The third-order valence-corrected chi connectivity index (χ3v) is 8.89. The Balaban J connectivity index is 1.91. The Labute approximate surface area is 284 Å². The van der Waals surface area contributed by atoms with Gasteiger partial charge in [-0.2, -0.15) is 0 Å². The number of rotatable bonds is 12. The van der Waals surface area contributed by atoms with Crippen molar-refractivity contribution in [2.45, 2.75) is 126 Å². The van der Waals surface area contributed by atoms with E-state index in [1.807, 2.05) is 82.4 Å². The fourth-order valence-corrected chi connectivity index (χ4v) is 6.18. The smallest absolute Gasteiger partial charge is 0.302 e. The van der Waals surface area contributed by atoms with Crippen LogP contribution in [0.25, 0.3) is 0 Å². The monoisotopic (exact) mass is 640 g/mol. The molecule has 1 fully saturated rings. The first-order valence-corrected chi connectivity index (χ1v) is 16.7. The molecular formula is C42H56O5. The number of carbonyl (C=O) groups is 3. The second-order valence-electron chi connectivity index (χ2n) is 14.2. The minimum atomic E-state index is -0.538. The summed E-state index contributed by atoms with van der Waals surface area (Å²) in [7, 11) is 0. The fourth-order valence-electron chi connectivity index (χ4n) is 6.18. The standard InChI is InChI=1S/C42H56O5/c1-29(18-14-19-31(3)22-23-39-33(5)24-38(46-36(8)44)27-41(39,9)10)16-12-13-17-30(2)20-15-21-32(4)40(45)28-42(11)34(6)25-37(47-42)26-35(7)43/h12-21,34,37-38H,24-28H2,1-11H3/t34-,37-,38-,42+/m1/s1. The molecule has 1 saturated heterocycles. The molecule has 0 aromatic rings. The summed E-state index contributed by atoms with van der Waals surface area (Å²) in [4.78, 5) is 35.8. The first-order chi connectivity index (χ1) is 21.9. The zero-order valence-corrected chi connectivity index (χ0v) is 30.6. The van der Waals surface area contributed by atoms with Gasteiger partial charge >= 0.3 is 5.97 Å². The van der Waals surface area contributed by atoms with Crippen molar-refractivity contribution in [3.05, 3.63) is 94.2 Å². The van der Waals surface area contributed by atoms with Gasteiger partial charge in [0.1, 0.15) is 11.9 Å². The van der Waals surface area contributed by atoms with Crippen LogP contribution in [0.2, 0.25) is 0 Å². The topological polar surface area (TPSA) is 69.7 Å². The molecule has 0 bridgehead atoms. The van der Waals surface area contributed by atoms with Crippen LogP contribution < -0.4 is 0 Å². The van der Waals surface area contributed by atoms with Crippen molar-refractivity contribution < 1.29 is 23.9 Å². The number of Topliss-reactive ketones (excluding diaryl/α,β-unsaturated/α-hetero) is 2. The minimum Gasteiger partial charge on any atom is -0.462 e. The van der Waals surface area contributed by atoms with Crippen molar-refractivity contribution in [3.63, 3.8) is 0 Å². The summed E-state index contributed by atoms with van der Waals surface area (Å²) in [5, 5.41) is 0. The molecule has 5 heteroatoms. The zero-order valence-electron chi connectivity index (χ0n) is 30.6. The first-order valence-electron chi connectivity index (χ1n) is 16.7. The molecule has 254 valence electrons. The molecule has 0 amide bonds. The number of hydrogen-bond acceptors (Lipinski definition) is 5. The maximum atomic E-state index is 12.9. The summed E-state index contributed by atoms with van der Waals surface area (Å²) in [6, 6.07) is 0. The molecule has 47 heavy (non-hydrogen) atoms. The van der Waals surface area contributed by atoms with Crippen molar-refractivity contribution in [3.8, 4) is 11.8 Å². The average molecular weight is 641 g/mol. The molecule has 0 saturated carbocycles. The summed E-state index contributed by atoms with van der Waals surface area (Å²) in [5.41, 5.74) is 5.50. The Morgan fingerprint density at radius 1 is 0.894 bits per heavy atom. The molecular weight excluding hydrogens is 584 g/mol. The molecule has 0 N–H and O–H groups in total. The number of hydrogen-bond donors (Lipinski definition) is 0. The van der Waals surface area contributed by atoms with E-state index in [1.165, 1.54) is 12.5 Å². The van der Waals surface area contributed by atoms with Gasteiger partial charge < -0.3 is 9.47 Å². The van der Waals surface area contributed by atoms with E-state index < -0.39 is 5.60 Å². The predicted molar refractivity (Wildman–Crippen MR) is 193 cm³/mol. The van der Waals surface area contributed by atoms with E-state index in [1.54, 1.807) is 6.92 Å². The van der Waals surface area contributed by atoms with Crippen LogP contribution in [0.1, 0.15) is 108 Å². The second-order valence-corrected chi connectivity index (χ2v) is 14.2. The van der Waals surface area contributed by atoms with Crippen molar-refractivity contribution in [2.24, 2.45) is 11.3 Å². The van der Waals surface area contributed by atoms with Gasteiger partial charge in [0, 0.05) is 37.2 Å². The minimum absolute atomic E-state index is 0.0658. The molecule has 5 nitrogen and oxygen atoms in total. The number of ketones is 2. The van der Waals surface area contributed by atoms with Gasteiger partial charge in [-0.25, -0.2) is 0 Å². The molecule has 2 aliphatic rings. The summed E-state index contributed by atoms with van der Waals surface area (Å²) < 4.78 is 11.6. The number of carbonyl (C=O) groups excluding carboxylic acids is 3. The van der Waals surface area contributed by atoms with Crippen LogP contribution in [0.3, 0.4) is 0 Å². The van der Waals surface area contributed by atoms with Crippen LogP contribution >= 0.6 is 0 Å². The van der Waals surface area contributed by atoms with Crippen LogP contribution in [0, 0.1) is 23.2 Å². The van der Waals surface area contributed by atoms with E-state index in [0.717, 1.165) is 41.6 Å². The van der Waals surface area contributed by atoms with Gasteiger partial charge in [0.2, 0.25) is 0 Å². The number of ether oxygens (including phenoxy) is 2. The van der Waals surface area contributed by atoms with Gasteiger partial charge in [-0.3, -0.25) is 14.4 Å². The molecule has 4 atom stereocenters. The Morgan fingerprint density at radius 3 is 2.04 bits per heavy atom. The van der Waals surface area contributed by atoms with Gasteiger partial charge in [-0.05, 0) is 78.4 Å². The Kier molecular flexibility index (Phi) is 15.1. The van der Waals surface area contributed by atoms with Crippen LogP contribution in [0.15, 0.2) is 94.2 Å². The Bertz CT molecular complexity index is 1490. The summed E-state index contributed by atoms with van der Waals surface area (Å²) in [5.74, 6) is 6.86. The van der Waals surface area contributed by atoms with E-state index in [2.05, 4.69) is 52.5 Å². The molecule has 0 radical (unpaired) electrons. The molecule has 2 rings (SSSR count). The lowest BCUT2D eigenvalue weighted by Crippen LogP contribution is -2.34. The molecule has 1 aliphatic carbocycles. The SMILES string of the molecule is CC(=O)C[C@H]1C[C@@H](C)[C@](C)(CC(=O)C(C)=CC=CC(C)=CC=CC=C(C)C=CC=C(C)C#CC2=C(C)C[C@@H](OC(C)=O)CC2(C)C)O1. The largest absolute Gasteiger partial charge is 0.462 e. The number of allylic oxidation sites excluding steroid dienone is 15. The first kappa shape index (κ1) is 39.4. The van der Waals surface area contributed by atoms with Gasteiger partial charge in [-0.1, -0.05) is 110 Å². The zero-order chi connectivity index (χ0) is 35.4. The highest BCUT2D eigenvalue weighted by Gasteiger charge is 2.44. The molecule has 1 heterocycles. The third kappa shape index (κ3) is 13.5. The van der Waals surface area contributed by atoms with E-state index in [9.17, 15) is 14.4 Å². The lowest BCUT2D eigenvalue weighted by Gasteiger charge is -2.36. The van der Waals surface area contributed by atoms with Gasteiger partial charge in [0.05, 0.1) is 11.7 Å². The highest BCUT2D eigenvalue weighted by atomic mass is 16.5. The maximum absolute atomic E-state index is 12.9. The van der Waals surface area contributed by atoms with Crippen LogP contribution in [0.5, 0.6) is 0 Å². The van der Waals surface area contributed by atoms with Crippen molar-refractivity contribution in [2.75, 3.05) is 0 Å². The van der Waals surface area contributed by atoms with Crippen molar-refractivity contribution >= 4 is 17.5 Å². The summed E-state index contributed by atoms with van der Waals surface area (Å²) in [6.07, 6.45) is 22.8. The molecule has 0 unspecified atom stereocenters. The molecule has 0 spiro atoms. The summed E-state index contributed by atoms with van der Waals surface area (Å²) in [6.45, 7) is 21.4.